The number of hydrogen-bond acceptors (Lipinski definition) is 2. The molecule has 0 amide bonds. The van der Waals surface area contributed by atoms with E-state index in [2.05, 4.69) is 52.8 Å². The molecule has 0 spiro atoms. The number of rotatable bonds is 2. The van der Waals surface area contributed by atoms with Gasteiger partial charge in [0, 0.05) is 17.9 Å². The van der Waals surface area contributed by atoms with Crippen molar-refractivity contribution in [2.24, 2.45) is 11.1 Å². The SMILES string of the molecule is CC(C)(C)c1ccccc1OC1CC(N)C1(C)C. The highest BCUT2D eigenvalue weighted by Gasteiger charge is 2.48. The van der Waals surface area contributed by atoms with Crippen molar-refractivity contribution in [1.29, 1.82) is 0 Å². The summed E-state index contributed by atoms with van der Waals surface area (Å²) in [5.74, 6) is 1.01. The van der Waals surface area contributed by atoms with Gasteiger partial charge in [-0.15, -0.1) is 0 Å². The predicted molar refractivity (Wildman–Crippen MR) is 75.9 cm³/mol. The topological polar surface area (TPSA) is 35.2 Å². The highest BCUT2D eigenvalue weighted by atomic mass is 16.5. The molecule has 2 atom stereocenters. The predicted octanol–water partition coefficient (Wildman–Crippen LogP) is 3.49. The average Bonchev–Trinajstić information content (AvgIpc) is 2.28. The summed E-state index contributed by atoms with van der Waals surface area (Å²) in [4.78, 5) is 0. The van der Waals surface area contributed by atoms with Gasteiger partial charge >= 0.3 is 0 Å². The smallest absolute Gasteiger partial charge is 0.123 e. The minimum absolute atomic E-state index is 0.0744. The van der Waals surface area contributed by atoms with Crippen molar-refractivity contribution in [2.75, 3.05) is 0 Å². The molecule has 2 heteroatoms. The van der Waals surface area contributed by atoms with Gasteiger partial charge in [-0.3, -0.25) is 0 Å². The highest BCUT2D eigenvalue weighted by molar-refractivity contribution is 5.38. The van der Waals surface area contributed by atoms with E-state index in [0.29, 0.717) is 0 Å². The van der Waals surface area contributed by atoms with Gasteiger partial charge < -0.3 is 10.5 Å². The standard InChI is InChI=1S/C16H25NO/c1-15(2,3)11-8-6-7-9-12(11)18-14-10-13(17)16(14,4)5/h6-9,13-14H,10,17H2,1-5H3. The summed E-state index contributed by atoms with van der Waals surface area (Å²) in [6.45, 7) is 11.0. The molecular weight excluding hydrogens is 222 g/mol. The molecule has 2 unspecified atom stereocenters. The number of nitrogens with two attached hydrogens (primary N) is 1. The van der Waals surface area contributed by atoms with Crippen LogP contribution in [0.25, 0.3) is 0 Å². The van der Waals surface area contributed by atoms with Crippen molar-refractivity contribution in [3.8, 4) is 5.75 Å². The summed E-state index contributed by atoms with van der Waals surface area (Å²) in [6.07, 6.45) is 1.18. The third-order valence-corrected chi connectivity index (χ3v) is 4.22. The highest BCUT2D eigenvalue weighted by Crippen LogP contribution is 2.43. The molecule has 100 valence electrons. The molecular formula is C16H25NO. The molecule has 0 saturated heterocycles. The quantitative estimate of drug-likeness (QED) is 0.868. The van der Waals surface area contributed by atoms with Crippen LogP contribution in [-0.4, -0.2) is 12.1 Å². The Labute approximate surface area is 111 Å². The van der Waals surface area contributed by atoms with Crippen LogP contribution in [0.2, 0.25) is 0 Å². The van der Waals surface area contributed by atoms with Crippen LogP contribution >= 0.6 is 0 Å². The van der Waals surface area contributed by atoms with E-state index in [1.165, 1.54) is 5.56 Å². The Morgan fingerprint density at radius 1 is 1.22 bits per heavy atom. The first-order chi connectivity index (χ1) is 8.23. The fourth-order valence-electron chi connectivity index (χ4n) is 2.46. The van der Waals surface area contributed by atoms with E-state index in [1.54, 1.807) is 0 Å². The van der Waals surface area contributed by atoms with E-state index in [4.69, 9.17) is 10.5 Å². The number of benzene rings is 1. The largest absolute Gasteiger partial charge is 0.489 e. The molecule has 0 radical (unpaired) electrons. The van der Waals surface area contributed by atoms with Crippen molar-refractivity contribution in [3.05, 3.63) is 29.8 Å². The summed E-state index contributed by atoms with van der Waals surface area (Å²) < 4.78 is 6.21. The Morgan fingerprint density at radius 3 is 2.33 bits per heavy atom. The molecule has 0 heterocycles. The molecule has 1 aliphatic rings. The Balaban J connectivity index is 2.21. The lowest BCUT2D eigenvalue weighted by Gasteiger charge is -2.49. The molecule has 0 bridgehead atoms. The Bertz CT molecular complexity index is 431. The van der Waals surface area contributed by atoms with Crippen molar-refractivity contribution in [3.63, 3.8) is 0 Å². The molecule has 1 fully saturated rings. The maximum atomic E-state index is 6.21. The lowest BCUT2D eigenvalue weighted by molar-refractivity contribution is -0.0408. The van der Waals surface area contributed by atoms with E-state index in [0.717, 1.165) is 12.2 Å². The van der Waals surface area contributed by atoms with Gasteiger partial charge in [0.25, 0.3) is 0 Å². The fourth-order valence-corrected chi connectivity index (χ4v) is 2.46. The molecule has 0 aliphatic heterocycles. The maximum absolute atomic E-state index is 6.21. The first-order valence-electron chi connectivity index (χ1n) is 6.74. The third kappa shape index (κ3) is 2.26. The first kappa shape index (κ1) is 13.4. The van der Waals surface area contributed by atoms with E-state index in [9.17, 15) is 0 Å². The van der Waals surface area contributed by atoms with Crippen LogP contribution in [0.5, 0.6) is 5.75 Å². The summed E-state index contributed by atoms with van der Waals surface area (Å²) in [7, 11) is 0. The summed E-state index contributed by atoms with van der Waals surface area (Å²) in [5.41, 5.74) is 7.49. The van der Waals surface area contributed by atoms with Crippen molar-refractivity contribution in [2.45, 2.75) is 58.6 Å². The lowest BCUT2D eigenvalue weighted by atomic mass is 9.65. The zero-order valence-corrected chi connectivity index (χ0v) is 12.2. The Hall–Kier alpha value is -1.02. The van der Waals surface area contributed by atoms with Crippen LogP contribution in [0.4, 0.5) is 0 Å². The van der Waals surface area contributed by atoms with E-state index in [-0.39, 0.29) is 23.0 Å². The Kier molecular flexibility index (Phi) is 3.18. The second-order valence-electron chi connectivity index (χ2n) is 7.02. The fraction of sp³-hybridized carbons (Fsp3) is 0.625. The number of ether oxygens (including phenoxy) is 1. The van der Waals surface area contributed by atoms with E-state index in [1.807, 2.05) is 6.07 Å². The monoisotopic (exact) mass is 247 g/mol. The molecule has 2 N–H and O–H groups in total. The molecule has 2 rings (SSSR count). The first-order valence-corrected chi connectivity index (χ1v) is 6.74. The molecule has 1 saturated carbocycles. The van der Waals surface area contributed by atoms with E-state index < -0.39 is 0 Å². The van der Waals surface area contributed by atoms with Crippen LogP contribution in [0, 0.1) is 5.41 Å². The zero-order valence-electron chi connectivity index (χ0n) is 12.2. The third-order valence-electron chi connectivity index (χ3n) is 4.22. The van der Waals surface area contributed by atoms with Gasteiger partial charge in [0.05, 0.1) is 0 Å². The molecule has 1 aliphatic carbocycles. The average molecular weight is 247 g/mol. The number of hydrogen-bond donors (Lipinski definition) is 1. The minimum atomic E-state index is 0.0744. The van der Waals surface area contributed by atoms with Crippen molar-refractivity contribution >= 4 is 0 Å². The maximum Gasteiger partial charge on any atom is 0.123 e. The van der Waals surface area contributed by atoms with E-state index >= 15 is 0 Å². The van der Waals surface area contributed by atoms with Crippen molar-refractivity contribution < 1.29 is 4.74 Å². The van der Waals surface area contributed by atoms with Gasteiger partial charge in [-0.2, -0.15) is 0 Å². The van der Waals surface area contributed by atoms with Gasteiger partial charge in [-0.25, -0.2) is 0 Å². The summed E-state index contributed by atoms with van der Waals surface area (Å²) in [5, 5.41) is 0. The minimum Gasteiger partial charge on any atom is -0.489 e. The van der Waals surface area contributed by atoms with Gasteiger partial charge in [0.15, 0.2) is 0 Å². The zero-order chi connectivity index (χ0) is 13.6. The van der Waals surface area contributed by atoms with Gasteiger partial charge in [-0.1, -0.05) is 52.8 Å². The molecule has 18 heavy (non-hydrogen) atoms. The van der Waals surface area contributed by atoms with Crippen LogP contribution in [-0.2, 0) is 5.41 Å². The lowest BCUT2D eigenvalue weighted by Crippen LogP contribution is -2.60. The normalized spacial score (nSPS) is 26.6. The molecule has 2 nitrogen and oxygen atoms in total. The van der Waals surface area contributed by atoms with Crippen molar-refractivity contribution in [1.82, 2.24) is 0 Å². The van der Waals surface area contributed by atoms with Crippen LogP contribution in [0.15, 0.2) is 24.3 Å². The van der Waals surface area contributed by atoms with Gasteiger partial charge in [0.2, 0.25) is 0 Å². The molecule has 0 aromatic heterocycles. The Morgan fingerprint density at radius 2 is 1.83 bits per heavy atom. The second-order valence-corrected chi connectivity index (χ2v) is 7.02. The van der Waals surface area contributed by atoms with Crippen LogP contribution in [0.3, 0.4) is 0 Å². The summed E-state index contributed by atoms with van der Waals surface area (Å²) >= 11 is 0. The molecule has 1 aromatic carbocycles. The second kappa shape index (κ2) is 4.27. The van der Waals surface area contributed by atoms with Crippen LogP contribution < -0.4 is 10.5 Å². The summed E-state index contributed by atoms with van der Waals surface area (Å²) in [6, 6.07) is 8.59. The van der Waals surface area contributed by atoms with Crippen LogP contribution in [0.1, 0.15) is 46.6 Å². The van der Waals surface area contributed by atoms with Gasteiger partial charge in [-0.05, 0) is 17.0 Å². The molecule has 1 aromatic rings. The van der Waals surface area contributed by atoms with Gasteiger partial charge in [0.1, 0.15) is 11.9 Å². The number of para-hydroxylation sites is 1.